The van der Waals surface area contributed by atoms with Crippen LogP contribution in [0.4, 0.5) is 0 Å². The minimum atomic E-state index is -2.18. The van der Waals surface area contributed by atoms with Crippen molar-refractivity contribution in [2.24, 2.45) is 0 Å². The van der Waals surface area contributed by atoms with E-state index in [1.165, 1.54) is 19.2 Å². The molecule has 4 fully saturated rings. The Hall–Kier alpha value is -4.15. The average Bonchev–Trinajstić information content (AvgIpc) is 3.31. The summed E-state index contributed by atoms with van der Waals surface area (Å²) in [5, 5.41) is 168. The molecule has 16 N–H and O–H groups in total. The van der Waals surface area contributed by atoms with Crippen LogP contribution >= 0.6 is 0 Å². The molecule has 27 nitrogen and oxygen atoms in total. The summed E-state index contributed by atoms with van der Waals surface area (Å²) in [6, 6.07) is 5.46. The number of fused-ring (bicyclic) bond motifs is 1. The van der Waals surface area contributed by atoms with Crippen molar-refractivity contribution in [3.05, 3.63) is 40.6 Å². The first-order valence-electron chi connectivity index (χ1n) is 20.6. The molecule has 20 atom stereocenters. The molecule has 0 radical (unpaired) electrons. The Morgan fingerprint density at radius 3 is 1.55 bits per heavy atom. The third-order valence-corrected chi connectivity index (χ3v) is 11.8. The number of aliphatic hydroxyl groups is 14. The Morgan fingerprint density at radius 2 is 1.00 bits per heavy atom. The summed E-state index contributed by atoms with van der Waals surface area (Å²) in [7, 11) is 1.20. The van der Waals surface area contributed by atoms with Crippen LogP contribution in [0.2, 0.25) is 0 Å². The molecule has 374 valence electrons. The van der Waals surface area contributed by atoms with Gasteiger partial charge in [-0.15, -0.1) is 0 Å². The number of phenols is 2. The van der Waals surface area contributed by atoms with E-state index in [0.29, 0.717) is 0 Å². The number of aliphatic hydroxyl groups excluding tert-OH is 14. The maximum absolute atomic E-state index is 14.6. The highest BCUT2D eigenvalue weighted by molar-refractivity contribution is 5.88. The van der Waals surface area contributed by atoms with Crippen LogP contribution in [0.1, 0.15) is 0 Å². The fourth-order valence-corrected chi connectivity index (χ4v) is 7.95. The minimum Gasteiger partial charge on any atom is -0.507 e. The highest BCUT2D eigenvalue weighted by Gasteiger charge is 2.55. The van der Waals surface area contributed by atoms with Crippen LogP contribution in [0.15, 0.2) is 39.5 Å². The number of aromatic hydroxyl groups is 2. The quantitative estimate of drug-likeness (QED) is 0.0714. The van der Waals surface area contributed by atoms with E-state index in [0.717, 1.165) is 18.2 Å². The minimum absolute atomic E-state index is 0.0810. The van der Waals surface area contributed by atoms with E-state index >= 15 is 0 Å². The van der Waals surface area contributed by atoms with Gasteiger partial charge in [-0.05, 0) is 18.2 Å². The molecular weight excluding hydrogens is 912 g/mol. The molecule has 4 aliphatic rings. The number of ether oxygens (including phenoxy) is 9. The van der Waals surface area contributed by atoms with E-state index in [-0.39, 0.29) is 22.8 Å². The Labute approximate surface area is 376 Å². The molecule has 3 aromatic rings. The van der Waals surface area contributed by atoms with Gasteiger partial charge < -0.3 is 129 Å². The number of benzene rings is 2. The van der Waals surface area contributed by atoms with Gasteiger partial charge in [-0.2, -0.15) is 0 Å². The van der Waals surface area contributed by atoms with Gasteiger partial charge >= 0.3 is 0 Å². The molecule has 0 bridgehead atoms. The molecule has 0 unspecified atom stereocenters. The average molecular weight is 965 g/mol. The van der Waals surface area contributed by atoms with Crippen LogP contribution in [-0.2, 0) is 28.4 Å². The van der Waals surface area contributed by atoms with Crippen LogP contribution in [0.5, 0.6) is 28.7 Å². The number of rotatable bonds is 14. The fourth-order valence-electron chi connectivity index (χ4n) is 7.95. The molecule has 4 saturated heterocycles. The number of hydrogen-bond acceptors (Lipinski definition) is 27. The summed E-state index contributed by atoms with van der Waals surface area (Å²) in [5.41, 5.74) is -1.73. The smallest absolute Gasteiger partial charge is 0.239 e. The third-order valence-electron chi connectivity index (χ3n) is 11.8. The molecule has 2 aromatic carbocycles. The molecule has 27 heteroatoms. The van der Waals surface area contributed by atoms with Gasteiger partial charge in [0.1, 0.15) is 114 Å². The first-order chi connectivity index (χ1) is 31.9. The van der Waals surface area contributed by atoms with Crippen molar-refractivity contribution in [1.82, 2.24) is 0 Å². The van der Waals surface area contributed by atoms with Crippen LogP contribution in [0, 0.1) is 0 Å². The Bertz CT molecular complexity index is 2210. The van der Waals surface area contributed by atoms with Crippen molar-refractivity contribution < 1.29 is 129 Å². The van der Waals surface area contributed by atoms with Gasteiger partial charge in [-0.3, -0.25) is 4.79 Å². The topological polar surface area (TPSA) is 437 Å². The second-order valence-electron chi connectivity index (χ2n) is 16.0. The lowest BCUT2D eigenvalue weighted by atomic mass is 9.96. The summed E-state index contributed by atoms with van der Waals surface area (Å²) >= 11 is 0. The normalized spacial score (nSPS) is 39.3. The number of phenolic OH excluding ortho intramolecular Hbond substituents is 2. The van der Waals surface area contributed by atoms with Crippen molar-refractivity contribution in [3.63, 3.8) is 0 Å². The highest BCUT2D eigenvalue weighted by Crippen LogP contribution is 2.41. The molecule has 7 rings (SSSR count). The standard InChI is InChI=1S/C40H52O27/c1-58-15-4-11(2-3-13(15)45)33-34(26(51)21-14(46)5-12(6-16(21)60-33)59-37-31(56)27(52)22(47)17(7-41)61-37)65-39-36(30(55)25(50)19(9-43)63-39)67-40-35(29(54)24(49)20(10-44)64-40)66-38-32(57)28(53)23(48)18(8-42)62-38/h2-6,17-20,22-25,27-32,35-50,52-57H,7-10H2,1H3/t17-,18-,19-,20-,22-,23-,24-,25-,27+,28+,29+,30+,31-,32-,35-,36-,37-,38+,39+,40+/m1/s1. The second-order valence-corrected chi connectivity index (χ2v) is 16.0. The van der Waals surface area contributed by atoms with Crippen molar-refractivity contribution >= 4 is 11.0 Å². The van der Waals surface area contributed by atoms with Gasteiger partial charge in [0.25, 0.3) is 0 Å². The van der Waals surface area contributed by atoms with Gasteiger partial charge in [0.05, 0.1) is 33.5 Å². The van der Waals surface area contributed by atoms with Crippen molar-refractivity contribution in [3.8, 4) is 40.1 Å². The van der Waals surface area contributed by atoms with Crippen molar-refractivity contribution in [2.45, 2.75) is 123 Å². The fraction of sp³-hybridized carbons (Fsp3) is 0.625. The molecule has 0 aliphatic carbocycles. The molecule has 0 saturated carbocycles. The van der Waals surface area contributed by atoms with E-state index in [4.69, 9.17) is 47.0 Å². The molecule has 5 heterocycles. The van der Waals surface area contributed by atoms with E-state index in [2.05, 4.69) is 0 Å². The van der Waals surface area contributed by atoms with E-state index in [1.807, 2.05) is 0 Å². The van der Waals surface area contributed by atoms with Crippen molar-refractivity contribution in [1.29, 1.82) is 0 Å². The predicted octanol–water partition coefficient (Wildman–Crippen LogP) is -7.11. The van der Waals surface area contributed by atoms with Crippen LogP contribution in [0.3, 0.4) is 0 Å². The van der Waals surface area contributed by atoms with E-state index in [9.17, 15) is 86.5 Å². The first kappa shape index (κ1) is 50.7. The summed E-state index contributed by atoms with van der Waals surface area (Å²) in [6.45, 7) is -3.65. The molecular formula is C40H52O27. The van der Waals surface area contributed by atoms with Crippen LogP contribution in [-0.4, -0.2) is 238 Å². The molecule has 0 amide bonds. The maximum Gasteiger partial charge on any atom is 0.239 e. The number of hydrogen-bond donors (Lipinski definition) is 16. The lowest BCUT2D eigenvalue weighted by Crippen LogP contribution is -2.67. The summed E-state index contributed by atoms with van der Waals surface area (Å²) in [5.74, 6) is -3.13. The van der Waals surface area contributed by atoms with Crippen LogP contribution < -0.4 is 19.6 Å². The first-order valence-corrected chi connectivity index (χ1v) is 20.6. The summed E-state index contributed by atoms with van der Waals surface area (Å²) < 4.78 is 57.0. The third kappa shape index (κ3) is 9.74. The van der Waals surface area contributed by atoms with Crippen molar-refractivity contribution in [2.75, 3.05) is 33.5 Å². The molecule has 4 aliphatic heterocycles. The highest BCUT2D eigenvalue weighted by atomic mass is 16.8. The molecule has 67 heavy (non-hydrogen) atoms. The zero-order valence-electron chi connectivity index (χ0n) is 34.9. The van der Waals surface area contributed by atoms with Crippen LogP contribution in [0.25, 0.3) is 22.3 Å². The zero-order chi connectivity index (χ0) is 48.8. The number of methoxy groups -OCH3 is 1. The van der Waals surface area contributed by atoms with Gasteiger partial charge in [0, 0.05) is 17.7 Å². The van der Waals surface area contributed by atoms with E-state index in [1.54, 1.807) is 0 Å². The monoisotopic (exact) mass is 964 g/mol. The summed E-state index contributed by atoms with van der Waals surface area (Å²) in [6.07, 6.45) is -38.0. The van der Waals surface area contributed by atoms with Gasteiger partial charge in [0.2, 0.25) is 23.8 Å². The molecule has 0 spiro atoms. The largest absolute Gasteiger partial charge is 0.507 e. The second kappa shape index (κ2) is 20.8. The Kier molecular flexibility index (Phi) is 15.8. The van der Waals surface area contributed by atoms with E-state index < -0.39 is 183 Å². The SMILES string of the molecule is COc1cc(-c2oc3cc(O[C@@H]4O[C@H](CO)[C@@H](O)[C@H](O)[C@H]4O)cc(O)c3c(=O)c2O[C@@H]2O[C@H](CO)[C@@H](O)[C@H](O)[C@H]2O[C@@H]2O[C@H](CO)[C@@H](O)[C@H](O)[C@H]2O[C@@H]2O[C@H](CO)[C@@H](O)[C@H](O)[C@H]2O)ccc1O. The zero-order valence-corrected chi connectivity index (χ0v) is 34.9. The Morgan fingerprint density at radius 1 is 0.522 bits per heavy atom. The lowest BCUT2D eigenvalue weighted by Gasteiger charge is -2.48. The van der Waals surface area contributed by atoms with Gasteiger partial charge in [-0.1, -0.05) is 0 Å². The maximum atomic E-state index is 14.6. The van der Waals surface area contributed by atoms with Gasteiger partial charge in [-0.25, -0.2) is 0 Å². The summed E-state index contributed by atoms with van der Waals surface area (Å²) in [4.78, 5) is 14.6. The molecule has 1 aromatic heterocycles. The lowest BCUT2D eigenvalue weighted by molar-refractivity contribution is -0.389. The predicted molar refractivity (Wildman–Crippen MR) is 212 cm³/mol. The Balaban J connectivity index is 1.29. The van der Waals surface area contributed by atoms with Gasteiger partial charge in [0.15, 0.2) is 35.9 Å².